The van der Waals surface area contributed by atoms with Gasteiger partial charge in [-0.3, -0.25) is 0 Å². The molecule has 5 heteroatoms. The molecule has 1 N–H and O–H groups in total. The number of carbonyl (C=O) groups is 1. The van der Waals surface area contributed by atoms with Crippen molar-refractivity contribution in [2.45, 2.75) is 20.3 Å². The number of benzene rings is 1. The van der Waals surface area contributed by atoms with Crippen molar-refractivity contribution in [1.82, 2.24) is 0 Å². The Morgan fingerprint density at radius 3 is 2.86 bits per heavy atom. The number of anilines is 2. The van der Waals surface area contributed by atoms with Crippen LogP contribution in [0, 0.1) is 0 Å². The molecule has 2 rings (SSSR count). The molecule has 0 aromatic heterocycles. The van der Waals surface area contributed by atoms with E-state index in [1.807, 2.05) is 7.05 Å². The van der Waals surface area contributed by atoms with Crippen LogP contribution in [0.15, 0.2) is 12.1 Å². The number of methoxy groups -OCH3 is 1. The summed E-state index contributed by atoms with van der Waals surface area (Å²) >= 11 is 0. The zero-order valence-electron chi connectivity index (χ0n) is 13.0. The second-order valence-corrected chi connectivity index (χ2v) is 4.85. The van der Waals surface area contributed by atoms with Crippen LogP contribution in [0.25, 0.3) is 6.08 Å². The first-order chi connectivity index (χ1) is 10.1. The van der Waals surface area contributed by atoms with E-state index in [1.165, 1.54) is 6.08 Å². The van der Waals surface area contributed by atoms with Crippen molar-refractivity contribution in [2.75, 3.05) is 37.6 Å². The quantitative estimate of drug-likeness (QED) is 0.667. The van der Waals surface area contributed by atoms with Crippen molar-refractivity contribution in [3.05, 3.63) is 23.3 Å². The summed E-state index contributed by atoms with van der Waals surface area (Å²) in [6, 6.07) is 2.14. The standard InChI is InChI=1S/C16H22N2O3/c1-5-11-9-13-15(17-10-18(13)3)16(20-4)12(11)7-8-14(19)21-6-2/h7-9,17H,5-6,10H2,1-4H3/b8-7+. The van der Waals surface area contributed by atoms with E-state index < -0.39 is 0 Å². The molecule has 0 saturated heterocycles. The van der Waals surface area contributed by atoms with Crippen LogP contribution in [-0.2, 0) is 16.0 Å². The molecular weight excluding hydrogens is 268 g/mol. The summed E-state index contributed by atoms with van der Waals surface area (Å²) in [5.41, 5.74) is 4.16. The lowest BCUT2D eigenvalue weighted by atomic mass is 10.0. The van der Waals surface area contributed by atoms with Gasteiger partial charge in [-0.2, -0.15) is 0 Å². The minimum Gasteiger partial charge on any atom is -0.494 e. The topological polar surface area (TPSA) is 50.8 Å². The molecular formula is C16H22N2O3. The molecule has 0 atom stereocenters. The van der Waals surface area contributed by atoms with Gasteiger partial charge in [0.25, 0.3) is 0 Å². The van der Waals surface area contributed by atoms with Gasteiger partial charge in [-0.25, -0.2) is 4.79 Å². The lowest BCUT2D eigenvalue weighted by molar-refractivity contribution is -0.137. The van der Waals surface area contributed by atoms with Gasteiger partial charge in [-0.05, 0) is 31.1 Å². The van der Waals surface area contributed by atoms with Gasteiger partial charge in [0.2, 0.25) is 0 Å². The highest BCUT2D eigenvalue weighted by molar-refractivity contribution is 5.91. The Morgan fingerprint density at radius 2 is 2.24 bits per heavy atom. The molecule has 1 aromatic carbocycles. The van der Waals surface area contributed by atoms with E-state index >= 15 is 0 Å². The van der Waals surface area contributed by atoms with E-state index in [0.29, 0.717) is 6.61 Å². The lowest BCUT2D eigenvalue weighted by Crippen LogP contribution is -2.15. The summed E-state index contributed by atoms with van der Waals surface area (Å²) in [6.07, 6.45) is 4.08. The van der Waals surface area contributed by atoms with Crippen LogP contribution in [-0.4, -0.2) is 33.4 Å². The molecule has 1 aromatic rings. The summed E-state index contributed by atoms with van der Waals surface area (Å²) in [5.74, 6) is 0.432. The number of esters is 1. The Morgan fingerprint density at radius 1 is 1.48 bits per heavy atom. The number of nitrogens with zero attached hydrogens (tertiary/aromatic N) is 1. The fourth-order valence-electron chi connectivity index (χ4n) is 2.50. The third-order valence-corrected chi connectivity index (χ3v) is 3.55. The van der Waals surface area contributed by atoms with Crippen LogP contribution >= 0.6 is 0 Å². The van der Waals surface area contributed by atoms with Crippen LogP contribution in [0.2, 0.25) is 0 Å². The lowest BCUT2D eigenvalue weighted by Gasteiger charge is -2.16. The zero-order chi connectivity index (χ0) is 15.4. The summed E-state index contributed by atoms with van der Waals surface area (Å²) in [5, 5.41) is 3.32. The number of ether oxygens (including phenoxy) is 2. The van der Waals surface area contributed by atoms with Crippen LogP contribution in [0.3, 0.4) is 0 Å². The predicted octanol–water partition coefficient (Wildman–Crippen LogP) is 2.65. The maximum absolute atomic E-state index is 11.5. The van der Waals surface area contributed by atoms with Gasteiger partial charge < -0.3 is 19.7 Å². The number of fused-ring (bicyclic) bond motifs is 1. The Kier molecular flexibility index (Phi) is 4.73. The Labute approximate surface area is 125 Å². The fourth-order valence-corrected chi connectivity index (χ4v) is 2.50. The largest absolute Gasteiger partial charge is 0.494 e. The highest BCUT2D eigenvalue weighted by atomic mass is 16.5. The molecule has 0 fully saturated rings. The van der Waals surface area contributed by atoms with E-state index in [9.17, 15) is 4.79 Å². The molecule has 1 aliphatic heterocycles. The fraction of sp³-hybridized carbons (Fsp3) is 0.438. The molecule has 1 heterocycles. The monoisotopic (exact) mass is 290 g/mol. The van der Waals surface area contributed by atoms with Crippen molar-refractivity contribution >= 4 is 23.4 Å². The number of aryl methyl sites for hydroxylation is 1. The first-order valence-electron chi connectivity index (χ1n) is 7.16. The van der Waals surface area contributed by atoms with Crippen molar-refractivity contribution in [1.29, 1.82) is 0 Å². The molecule has 0 saturated carbocycles. The SMILES string of the molecule is CCOC(=O)/C=C/c1c(CC)cc2c(c1OC)NCN2C. The van der Waals surface area contributed by atoms with E-state index in [2.05, 4.69) is 23.2 Å². The number of rotatable bonds is 5. The first kappa shape index (κ1) is 15.2. The van der Waals surface area contributed by atoms with Gasteiger partial charge >= 0.3 is 5.97 Å². The van der Waals surface area contributed by atoms with Crippen molar-refractivity contribution in [3.63, 3.8) is 0 Å². The van der Waals surface area contributed by atoms with Gasteiger partial charge in [0.1, 0.15) is 5.69 Å². The number of hydrogen-bond acceptors (Lipinski definition) is 5. The molecule has 0 bridgehead atoms. The zero-order valence-corrected chi connectivity index (χ0v) is 13.0. The van der Waals surface area contributed by atoms with Crippen LogP contribution < -0.4 is 15.0 Å². The van der Waals surface area contributed by atoms with Crippen LogP contribution in [0.1, 0.15) is 25.0 Å². The first-order valence-corrected chi connectivity index (χ1v) is 7.16. The maximum Gasteiger partial charge on any atom is 0.330 e. The molecule has 0 aliphatic carbocycles. The maximum atomic E-state index is 11.5. The molecule has 1 aliphatic rings. The number of carbonyl (C=O) groups excluding carboxylic acids is 1. The van der Waals surface area contributed by atoms with E-state index in [1.54, 1.807) is 20.1 Å². The normalized spacial score (nSPS) is 13.2. The summed E-state index contributed by atoms with van der Waals surface area (Å²) in [7, 11) is 3.68. The minimum atomic E-state index is -0.341. The van der Waals surface area contributed by atoms with Crippen molar-refractivity contribution in [2.24, 2.45) is 0 Å². The number of nitrogens with one attached hydrogen (secondary N) is 1. The van der Waals surface area contributed by atoms with E-state index in [0.717, 1.165) is 41.3 Å². The Balaban J connectivity index is 2.47. The van der Waals surface area contributed by atoms with Crippen LogP contribution in [0.4, 0.5) is 11.4 Å². The molecule has 0 amide bonds. The van der Waals surface area contributed by atoms with Gasteiger partial charge in [-0.1, -0.05) is 6.92 Å². The predicted molar refractivity (Wildman–Crippen MR) is 84.9 cm³/mol. The number of hydrogen-bond donors (Lipinski definition) is 1. The molecule has 21 heavy (non-hydrogen) atoms. The van der Waals surface area contributed by atoms with Crippen molar-refractivity contribution < 1.29 is 14.3 Å². The van der Waals surface area contributed by atoms with E-state index in [-0.39, 0.29) is 5.97 Å². The smallest absolute Gasteiger partial charge is 0.330 e. The van der Waals surface area contributed by atoms with Gasteiger partial charge in [0.05, 0.1) is 26.1 Å². The summed E-state index contributed by atoms with van der Waals surface area (Å²) < 4.78 is 10.5. The van der Waals surface area contributed by atoms with Crippen molar-refractivity contribution in [3.8, 4) is 5.75 Å². The molecule has 5 nitrogen and oxygen atoms in total. The van der Waals surface area contributed by atoms with Gasteiger partial charge in [0, 0.05) is 18.7 Å². The summed E-state index contributed by atoms with van der Waals surface area (Å²) in [4.78, 5) is 13.7. The Hall–Kier alpha value is -2.17. The van der Waals surface area contributed by atoms with Gasteiger partial charge in [0.15, 0.2) is 5.75 Å². The third-order valence-electron chi connectivity index (χ3n) is 3.55. The second-order valence-electron chi connectivity index (χ2n) is 4.85. The minimum absolute atomic E-state index is 0.341. The third kappa shape index (κ3) is 2.96. The second kappa shape index (κ2) is 6.52. The van der Waals surface area contributed by atoms with Gasteiger partial charge in [-0.15, -0.1) is 0 Å². The highest BCUT2D eigenvalue weighted by Gasteiger charge is 2.23. The highest BCUT2D eigenvalue weighted by Crippen LogP contribution is 2.43. The molecule has 114 valence electrons. The van der Waals surface area contributed by atoms with Crippen LogP contribution in [0.5, 0.6) is 5.75 Å². The summed E-state index contributed by atoms with van der Waals surface area (Å²) in [6.45, 7) is 5.00. The average Bonchev–Trinajstić information content (AvgIpc) is 2.85. The Bertz CT molecular complexity index is 567. The molecule has 0 unspecified atom stereocenters. The average molecular weight is 290 g/mol. The molecule has 0 spiro atoms. The molecule has 0 radical (unpaired) electrons. The van der Waals surface area contributed by atoms with E-state index in [4.69, 9.17) is 9.47 Å².